The average Bonchev–Trinajstić information content (AvgIpc) is 2.56. The second kappa shape index (κ2) is 8.08. The average molecular weight is 340 g/mol. The summed E-state index contributed by atoms with van der Waals surface area (Å²) in [4.78, 5) is 25.0. The third-order valence-corrected chi connectivity index (χ3v) is 4.12. The van der Waals surface area contributed by atoms with Crippen molar-refractivity contribution in [2.75, 3.05) is 19.6 Å². The molecule has 1 fully saturated rings. The van der Waals surface area contributed by atoms with E-state index < -0.39 is 17.7 Å². The lowest BCUT2D eigenvalue weighted by atomic mass is 9.96. The van der Waals surface area contributed by atoms with E-state index in [9.17, 15) is 18.4 Å². The Hall–Kier alpha value is -2.18. The van der Waals surface area contributed by atoms with E-state index in [1.165, 1.54) is 13.0 Å². The number of rotatable bonds is 5. The second-order valence-corrected chi connectivity index (χ2v) is 6.04. The van der Waals surface area contributed by atoms with Crippen LogP contribution in [0.25, 0.3) is 0 Å². The number of hydrogen-bond acceptors (Lipinski definition) is 3. The van der Waals surface area contributed by atoms with Crippen LogP contribution in [0.3, 0.4) is 0 Å². The molecule has 2 amide bonds. The van der Waals surface area contributed by atoms with Crippen LogP contribution >= 0.6 is 0 Å². The molecule has 132 valence electrons. The van der Waals surface area contributed by atoms with E-state index in [0.717, 1.165) is 25.0 Å². The summed E-state index contributed by atoms with van der Waals surface area (Å²) in [6.07, 6.45) is 0.843. The van der Waals surface area contributed by atoms with Crippen molar-refractivity contribution < 1.29 is 23.1 Å². The minimum atomic E-state index is -1.01. The standard InChI is InChI=1S/C17H22F2N2O3/c1-11(24-14-3-4-15(18)16(19)9-14)17(23)21-7-5-13(6-8-21)10-20-12(2)22/h3-4,9,11,13H,5-8,10H2,1-2H3,(H,20,22)/t11-/m0/s1. The van der Waals surface area contributed by atoms with Crippen molar-refractivity contribution >= 4 is 11.8 Å². The van der Waals surface area contributed by atoms with Crippen LogP contribution in [-0.2, 0) is 9.59 Å². The molecule has 0 saturated carbocycles. The van der Waals surface area contributed by atoms with Crippen molar-refractivity contribution in [2.24, 2.45) is 5.92 Å². The van der Waals surface area contributed by atoms with Crippen molar-refractivity contribution in [3.05, 3.63) is 29.8 Å². The Balaban J connectivity index is 1.83. The molecule has 1 saturated heterocycles. The topological polar surface area (TPSA) is 58.6 Å². The Morgan fingerprint density at radius 1 is 1.29 bits per heavy atom. The van der Waals surface area contributed by atoms with Gasteiger partial charge in [0, 0.05) is 32.6 Å². The van der Waals surface area contributed by atoms with E-state index in [1.807, 2.05) is 0 Å². The van der Waals surface area contributed by atoms with E-state index in [0.29, 0.717) is 25.6 Å². The highest BCUT2D eigenvalue weighted by atomic mass is 19.2. The zero-order valence-corrected chi connectivity index (χ0v) is 13.9. The van der Waals surface area contributed by atoms with Gasteiger partial charge in [0.25, 0.3) is 5.91 Å². The van der Waals surface area contributed by atoms with Gasteiger partial charge in [-0.25, -0.2) is 8.78 Å². The Bertz CT molecular complexity index is 601. The van der Waals surface area contributed by atoms with Gasteiger partial charge in [0.2, 0.25) is 5.91 Å². The highest BCUT2D eigenvalue weighted by molar-refractivity contribution is 5.81. The fourth-order valence-corrected chi connectivity index (χ4v) is 2.71. The third kappa shape index (κ3) is 4.91. The maximum Gasteiger partial charge on any atom is 0.263 e. The lowest BCUT2D eigenvalue weighted by Crippen LogP contribution is -2.46. The van der Waals surface area contributed by atoms with Crippen molar-refractivity contribution in [1.82, 2.24) is 10.2 Å². The first-order valence-electron chi connectivity index (χ1n) is 8.01. The summed E-state index contributed by atoms with van der Waals surface area (Å²) in [6, 6.07) is 3.19. The predicted molar refractivity (Wildman–Crippen MR) is 84.4 cm³/mol. The Morgan fingerprint density at radius 3 is 2.54 bits per heavy atom. The van der Waals surface area contributed by atoms with Crippen LogP contribution in [0.1, 0.15) is 26.7 Å². The Morgan fingerprint density at radius 2 is 1.96 bits per heavy atom. The van der Waals surface area contributed by atoms with Crippen LogP contribution in [0.5, 0.6) is 5.75 Å². The van der Waals surface area contributed by atoms with Gasteiger partial charge in [-0.05, 0) is 37.8 Å². The van der Waals surface area contributed by atoms with Gasteiger partial charge in [-0.3, -0.25) is 9.59 Å². The second-order valence-electron chi connectivity index (χ2n) is 6.04. The molecule has 5 nitrogen and oxygen atoms in total. The van der Waals surface area contributed by atoms with Crippen LogP contribution in [0.15, 0.2) is 18.2 Å². The summed E-state index contributed by atoms with van der Waals surface area (Å²) in [7, 11) is 0. The third-order valence-electron chi connectivity index (χ3n) is 4.12. The van der Waals surface area contributed by atoms with Crippen LogP contribution in [-0.4, -0.2) is 42.5 Å². The lowest BCUT2D eigenvalue weighted by molar-refractivity contribution is -0.139. The smallest absolute Gasteiger partial charge is 0.263 e. The molecule has 1 aromatic carbocycles. The predicted octanol–water partition coefficient (Wildman–Crippen LogP) is 2.11. The molecular formula is C17H22F2N2O3. The van der Waals surface area contributed by atoms with E-state index in [1.54, 1.807) is 11.8 Å². The molecule has 1 aliphatic heterocycles. The lowest BCUT2D eigenvalue weighted by Gasteiger charge is -2.33. The van der Waals surface area contributed by atoms with E-state index >= 15 is 0 Å². The van der Waals surface area contributed by atoms with E-state index in [4.69, 9.17) is 4.74 Å². The number of ether oxygens (including phenoxy) is 1. The van der Waals surface area contributed by atoms with Gasteiger partial charge in [-0.15, -0.1) is 0 Å². The number of carbonyl (C=O) groups is 2. The number of nitrogens with one attached hydrogen (secondary N) is 1. The number of amides is 2. The quantitative estimate of drug-likeness (QED) is 0.893. The maximum atomic E-state index is 13.2. The Labute approximate surface area is 140 Å². The van der Waals surface area contributed by atoms with Crippen LogP contribution in [0, 0.1) is 17.6 Å². The molecule has 1 heterocycles. The van der Waals surface area contributed by atoms with Gasteiger partial charge in [0.05, 0.1) is 0 Å². The minimum Gasteiger partial charge on any atom is -0.481 e. The van der Waals surface area contributed by atoms with E-state index in [2.05, 4.69) is 5.32 Å². The number of carbonyl (C=O) groups excluding carboxylic acids is 2. The summed E-state index contributed by atoms with van der Waals surface area (Å²) in [5.74, 6) is -1.72. The summed E-state index contributed by atoms with van der Waals surface area (Å²) in [6.45, 7) is 4.88. The summed E-state index contributed by atoms with van der Waals surface area (Å²) >= 11 is 0. The van der Waals surface area contributed by atoms with Gasteiger partial charge in [0.1, 0.15) is 5.75 Å². The van der Waals surface area contributed by atoms with Gasteiger partial charge in [-0.2, -0.15) is 0 Å². The molecule has 7 heteroatoms. The summed E-state index contributed by atoms with van der Waals surface area (Å²) in [5.41, 5.74) is 0. The highest BCUT2D eigenvalue weighted by Gasteiger charge is 2.27. The largest absolute Gasteiger partial charge is 0.481 e. The highest BCUT2D eigenvalue weighted by Crippen LogP contribution is 2.20. The Kier molecular flexibility index (Phi) is 6.11. The zero-order chi connectivity index (χ0) is 17.7. The zero-order valence-electron chi connectivity index (χ0n) is 13.9. The molecule has 0 aliphatic carbocycles. The van der Waals surface area contributed by atoms with Crippen LogP contribution in [0.2, 0.25) is 0 Å². The molecule has 2 rings (SSSR count). The number of nitrogens with zero attached hydrogens (tertiary/aromatic N) is 1. The molecule has 1 atom stereocenters. The van der Waals surface area contributed by atoms with Crippen LogP contribution < -0.4 is 10.1 Å². The minimum absolute atomic E-state index is 0.0536. The molecule has 1 aliphatic rings. The molecule has 0 unspecified atom stereocenters. The van der Waals surface area contributed by atoms with Crippen molar-refractivity contribution in [1.29, 1.82) is 0 Å². The van der Waals surface area contributed by atoms with Crippen molar-refractivity contribution in [2.45, 2.75) is 32.8 Å². The molecule has 0 bridgehead atoms. The van der Waals surface area contributed by atoms with Gasteiger partial charge >= 0.3 is 0 Å². The monoisotopic (exact) mass is 340 g/mol. The molecule has 1 N–H and O–H groups in total. The first-order valence-corrected chi connectivity index (χ1v) is 8.01. The summed E-state index contributed by atoms with van der Waals surface area (Å²) < 4.78 is 31.5. The van der Waals surface area contributed by atoms with Crippen LogP contribution in [0.4, 0.5) is 8.78 Å². The fraction of sp³-hybridized carbons (Fsp3) is 0.529. The number of piperidine rings is 1. The molecule has 0 spiro atoms. The normalized spacial score (nSPS) is 16.6. The molecular weight excluding hydrogens is 318 g/mol. The number of benzene rings is 1. The van der Waals surface area contributed by atoms with Gasteiger partial charge in [0.15, 0.2) is 17.7 Å². The molecule has 24 heavy (non-hydrogen) atoms. The molecule has 0 radical (unpaired) electrons. The first kappa shape index (κ1) is 18.2. The van der Waals surface area contributed by atoms with E-state index in [-0.39, 0.29) is 17.6 Å². The fourth-order valence-electron chi connectivity index (χ4n) is 2.71. The van der Waals surface area contributed by atoms with Crippen molar-refractivity contribution in [3.8, 4) is 5.75 Å². The molecule has 0 aromatic heterocycles. The first-order chi connectivity index (χ1) is 11.4. The van der Waals surface area contributed by atoms with Crippen molar-refractivity contribution in [3.63, 3.8) is 0 Å². The number of hydrogen-bond donors (Lipinski definition) is 1. The molecule has 1 aromatic rings. The maximum absolute atomic E-state index is 13.2. The van der Waals surface area contributed by atoms with Gasteiger partial charge < -0.3 is 15.0 Å². The number of likely N-dealkylation sites (tertiary alicyclic amines) is 1. The number of halogens is 2. The van der Waals surface area contributed by atoms with Gasteiger partial charge in [-0.1, -0.05) is 0 Å². The SMILES string of the molecule is CC(=O)NCC1CCN(C(=O)[C@H](C)Oc2ccc(F)c(F)c2)CC1. The summed E-state index contributed by atoms with van der Waals surface area (Å²) in [5, 5.41) is 2.79.